The van der Waals surface area contributed by atoms with E-state index in [0.717, 1.165) is 28.4 Å². The molecule has 1 aromatic heterocycles. The van der Waals surface area contributed by atoms with E-state index in [1.54, 1.807) is 8.16 Å². The van der Waals surface area contributed by atoms with Gasteiger partial charge in [0.2, 0.25) is 0 Å². The number of hydrogen-bond acceptors (Lipinski definition) is 8. The van der Waals surface area contributed by atoms with Crippen LogP contribution in [0.2, 0.25) is 0 Å². The summed E-state index contributed by atoms with van der Waals surface area (Å²) in [6.45, 7) is 0. The summed E-state index contributed by atoms with van der Waals surface area (Å²) in [7, 11) is 4.49. The number of carbonyl (C=O) groups is 4. The molecule has 0 aliphatic carbocycles. The minimum atomic E-state index is -0.963. The molecular formula is C16H14O8Te. The van der Waals surface area contributed by atoms with Crippen LogP contribution in [0.15, 0.2) is 8.16 Å². The number of esters is 4. The van der Waals surface area contributed by atoms with Gasteiger partial charge in [-0.25, -0.2) is 0 Å². The van der Waals surface area contributed by atoms with Crippen molar-refractivity contribution < 1.29 is 38.1 Å². The summed E-state index contributed by atoms with van der Waals surface area (Å²) in [5, 5.41) is 0.727. The average Bonchev–Trinajstić information content (AvgIpc) is 3.12. The molecule has 2 aromatic rings. The second-order valence-electron chi connectivity index (χ2n) is 4.67. The monoisotopic (exact) mass is 464 g/mol. The predicted molar refractivity (Wildman–Crippen MR) is 86.2 cm³/mol. The van der Waals surface area contributed by atoms with Crippen LogP contribution in [0.5, 0.6) is 0 Å². The number of benzene rings is 1. The van der Waals surface area contributed by atoms with E-state index in [9.17, 15) is 19.2 Å². The van der Waals surface area contributed by atoms with Crippen molar-refractivity contribution in [3.63, 3.8) is 0 Å². The minimum absolute atomic E-state index is 0.128. The number of ether oxygens (including phenoxy) is 4. The molecule has 0 radical (unpaired) electrons. The van der Waals surface area contributed by atoms with Crippen molar-refractivity contribution in [3.8, 4) is 0 Å². The Morgan fingerprint density at radius 2 is 0.880 bits per heavy atom. The molecular weight excluding hydrogens is 448 g/mol. The third-order valence-corrected chi connectivity index (χ3v) is 5.63. The van der Waals surface area contributed by atoms with E-state index in [1.165, 1.54) is 0 Å². The van der Waals surface area contributed by atoms with E-state index in [-0.39, 0.29) is 22.3 Å². The van der Waals surface area contributed by atoms with E-state index in [1.807, 2.05) is 0 Å². The number of hydrogen-bond donors (Lipinski definition) is 0. The van der Waals surface area contributed by atoms with Crippen molar-refractivity contribution in [2.75, 3.05) is 28.4 Å². The first kappa shape index (κ1) is 19.0. The van der Waals surface area contributed by atoms with Crippen LogP contribution in [-0.2, 0) is 18.9 Å². The van der Waals surface area contributed by atoms with Crippen LogP contribution in [0.1, 0.15) is 41.4 Å². The summed E-state index contributed by atoms with van der Waals surface area (Å²) in [5.74, 6) is -3.57. The van der Waals surface area contributed by atoms with Crippen LogP contribution in [-0.4, -0.2) is 72.7 Å². The molecule has 0 aliphatic rings. The van der Waals surface area contributed by atoms with E-state index in [0.29, 0.717) is 10.8 Å². The molecule has 1 heterocycles. The summed E-state index contributed by atoms with van der Waals surface area (Å²) in [6.07, 6.45) is 0. The molecule has 0 saturated carbocycles. The summed E-state index contributed by atoms with van der Waals surface area (Å²) in [4.78, 5) is 49.3. The van der Waals surface area contributed by atoms with Crippen LogP contribution < -0.4 is 0 Å². The summed E-state index contributed by atoms with van der Waals surface area (Å²) in [5.41, 5.74) is -1.01. The first-order valence-electron chi connectivity index (χ1n) is 6.81. The van der Waals surface area contributed by atoms with Crippen LogP contribution >= 0.6 is 0 Å². The second kappa shape index (κ2) is 7.68. The van der Waals surface area contributed by atoms with Gasteiger partial charge in [0.05, 0.1) is 0 Å². The van der Waals surface area contributed by atoms with Gasteiger partial charge in [-0.3, -0.25) is 0 Å². The molecule has 9 heteroatoms. The van der Waals surface area contributed by atoms with Crippen molar-refractivity contribution in [1.82, 2.24) is 0 Å². The van der Waals surface area contributed by atoms with Gasteiger partial charge in [-0.05, 0) is 0 Å². The summed E-state index contributed by atoms with van der Waals surface area (Å²) in [6, 6.07) is 0. The Kier molecular flexibility index (Phi) is 5.82. The molecule has 2 rings (SSSR count). The van der Waals surface area contributed by atoms with E-state index < -0.39 is 44.3 Å². The van der Waals surface area contributed by atoms with Gasteiger partial charge in [0.15, 0.2) is 0 Å². The van der Waals surface area contributed by atoms with Crippen LogP contribution in [0.3, 0.4) is 0 Å². The van der Waals surface area contributed by atoms with Crippen molar-refractivity contribution in [3.05, 3.63) is 30.4 Å². The van der Waals surface area contributed by atoms with Gasteiger partial charge in [0.1, 0.15) is 0 Å². The molecule has 132 valence electrons. The van der Waals surface area contributed by atoms with E-state index in [4.69, 9.17) is 18.9 Å². The fourth-order valence-electron chi connectivity index (χ4n) is 2.44. The fraction of sp³-hybridized carbons (Fsp3) is 0.250. The summed E-state index contributed by atoms with van der Waals surface area (Å²) >= 11 is -0.813. The zero-order chi connectivity index (χ0) is 18.7. The van der Waals surface area contributed by atoms with E-state index >= 15 is 0 Å². The van der Waals surface area contributed by atoms with Crippen LogP contribution in [0.25, 0.3) is 10.8 Å². The standard InChI is InChI=1S/C16H14O8Te/c1-21-13(17)9-7-5-25-6-8(7)10(14(18)22-2)12(16(20)24-4)11(9)15(19)23-3/h5-6H,1-4H3. The topological polar surface area (TPSA) is 105 Å². The third-order valence-electron chi connectivity index (χ3n) is 3.51. The molecule has 0 unspecified atom stereocenters. The zero-order valence-electron chi connectivity index (χ0n) is 13.8. The van der Waals surface area contributed by atoms with E-state index in [2.05, 4.69) is 0 Å². The molecule has 0 amide bonds. The maximum absolute atomic E-state index is 12.4. The Bertz CT molecular complexity index is 810. The summed E-state index contributed by atoms with van der Waals surface area (Å²) < 4.78 is 22.5. The molecule has 0 fully saturated rings. The zero-order valence-corrected chi connectivity index (χ0v) is 16.2. The molecule has 0 spiro atoms. The molecule has 25 heavy (non-hydrogen) atoms. The average molecular weight is 462 g/mol. The number of methoxy groups -OCH3 is 4. The molecule has 8 nitrogen and oxygen atoms in total. The second-order valence-corrected chi connectivity index (χ2v) is 6.79. The van der Waals surface area contributed by atoms with Crippen molar-refractivity contribution >= 4 is 55.1 Å². The Morgan fingerprint density at radius 1 is 0.600 bits per heavy atom. The third kappa shape index (κ3) is 3.13. The quantitative estimate of drug-likeness (QED) is 0.378. The van der Waals surface area contributed by atoms with Crippen molar-refractivity contribution in [2.24, 2.45) is 0 Å². The number of rotatable bonds is 4. The predicted octanol–water partition coefficient (Wildman–Crippen LogP) is 1.04. The fourth-order valence-corrected chi connectivity index (χ4v) is 4.81. The van der Waals surface area contributed by atoms with Crippen LogP contribution in [0.4, 0.5) is 0 Å². The normalized spacial score (nSPS) is 10.2. The molecule has 0 bridgehead atoms. The number of fused-ring (bicyclic) bond motifs is 1. The molecule has 0 saturated heterocycles. The molecule has 0 aliphatic heterocycles. The van der Waals surface area contributed by atoms with Crippen molar-refractivity contribution in [2.45, 2.75) is 0 Å². The Hall–Kier alpha value is -2.37. The first-order chi connectivity index (χ1) is 11.9. The Balaban J connectivity index is 3.13. The van der Waals surface area contributed by atoms with Gasteiger partial charge >= 0.3 is 152 Å². The van der Waals surface area contributed by atoms with Crippen molar-refractivity contribution in [1.29, 1.82) is 0 Å². The van der Waals surface area contributed by atoms with Gasteiger partial charge in [-0.15, -0.1) is 0 Å². The maximum atomic E-state index is 12.4. The molecule has 0 N–H and O–H groups in total. The molecule has 0 atom stereocenters. The SMILES string of the molecule is COC(=O)c1c(C(=O)OC)c(C(=O)OC)c2c[te]cc2c1C(=O)OC. The van der Waals surface area contributed by atoms with Gasteiger partial charge in [-0.1, -0.05) is 0 Å². The molecule has 1 aromatic carbocycles. The van der Waals surface area contributed by atoms with Crippen LogP contribution in [0, 0.1) is 0 Å². The Labute approximate surface area is 152 Å². The van der Waals surface area contributed by atoms with Gasteiger partial charge in [0, 0.05) is 0 Å². The Morgan fingerprint density at radius 3 is 1.16 bits per heavy atom. The first-order valence-corrected chi connectivity index (χ1v) is 9.51. The van der Waals surface area contributed by atoms with Gasteiger partial charge in [0.25, 0.3) is 0 Å². The van der Waals surface area contributed by atoms with Gasteiger partial charge in [-0.2, -0.15) is 0 Å². The number of carbonyl (C=O) groups excluding carboxylic acids is 4. The van der Waals surface area contributed by atoms with Gasteiger partial charge < -0.3 is 0 Å².